The Hall–Kier alpha value is -1.68. The van der Waals surface area contributed by atoms with E-state index in [9.17, 15) is 9.59 Å². The van der Waals surface area contributed by atoms with Crippen LogP contribution in [0.1, 0.15) is 29.6 Å². The van der Waals surface area contributed by atoms with Gasteiger partial charge in [0.05, 0.1) is 7.11 Å². The van der Waals surface area contributed by atoms with Crippen molar-refractivity contribution in [3.8, 4) is 0 Å². The second-order valence-electron chi connectivity index (χ2n) is 4.91. The molecule has 2 atom stereocenters. The predicted octanol–water partition coefficient (Wildman–Crippen LogP) is 1.80. The monoisotopic (exact) mass is 261 g/mol. The number of rotatable bonds is 4. The summed E-state index contributed by atoms with van der Waals surface area (Å²) in [5.74, 6) is 0.158. The number of carbonyl (C=O) groups is 2. The van der Waals surface area contributed by atoms with Crippen molar-refractivity contribution in [3.05, 3.63) is 35.9 Å². The Morgan fingerprint density at radius 3 is 2.74 bits per heavy atom. The maximum Gasteiger partial charge on any atom is 0.322 e. The molecule has 1 saturated heterocycles. The first kappa shape index (κ1) is 13.7. The third-order valence-corrected chi connectivity index (χ3v) is 3.57. The Bertz CT molecular complexity index is 444. The molecule has 0 aliphatic carbocycles. The highest BCUT2D eigenvalue weighted by Crippen LogP contribution is 2.22. The minimum Gasteiger partial charge on any atom is -0.468 e. The summed E-state index contributed by atoms with van der Waals surface area (Å²) >= 11 is 0. The van der Waals surface area contributed by atoms with E-state index in [4.69, 9.17) is 4.74 Å². The van der Waals surface area contributed by atoms with E-state index < -0.39 is 0 Å². The summed E-state index contributed by atoms with van der Waals surface area (Å²) in [6.07, 6.45) is 2.09. The maximum atomic E-state index is 12.1. The van der Waals surface area contributed by atoms with Crippen molar-refractivity contribution in [2.24, 2.45) is 5.92 Å². The third kappa shape index (κ3) is 3.64. The predicted molar refractivity (Wildman–Crippen MR) is 71.9 cm³/mol. The molecular weight excluding hydrogens is 242 g/mol. The largest absolute Gasteiger partial charge is 0.468 e. The highest BCUT2D eigenvalue weighted by Gasteiger charge is 2.28. The summed E-state index contributed by atoms with van der Waals surface area (Å²) < 4.78 is 4.74. The molecule has 0 radical (unpaired) electrons. The Kier molecular flexibility index (Phi) is 4.68. The second kappa shape index (κ2) is 6.48. The Labute approximate surface area is 113 Å². The second-order valence-corrected chi connectivity index (χ2v) is 4.91. The number of hydrogen-bond acceptors (Lipinski definition) is 4. The zero-order chi connectivity index (χ0) is 13.7. The summed E-state index contributed by atoms with van der Waals surface area (Å²) in [7, 11) is 1.39. The molecule has 0 saturated carbocycles. The van der Waals surface area contributed by atoms with Gasteiger partial charge in [-0.1, -0.05) is 30.3 Å². The van der Waals surface area contributed by atoms with E-state index in [1.165, 1.54) is 7.11 Å². The van der Waals surface area contributed by atoms with Crippen LogP contribution in [0.2, 0.25) is 0 Å². The lowest BCUT2D eigenvalue weighted by atomic mass is 9.87. The first-order chi connectivity index (χ1) is 9.20. The van der Waals surface area contributed by atoms with Crippen molar-refractivity contribution in [1.82, 2.24) is 5.32 Å². The zero-order valence-electron chi connectivity index (χ0n) is 11.1. The number of nitrogens with one attached hydrogen (secondary N) is 1. The molecule has 1 aliphatic heterocycles. The van der Waals surface area contributed by atoms with Gasteiger partial charge in [0.1, 0.15) is 6.04 Å². The van der Waals surface area contributed by atoms with Gasteiger partial charge in [0.25, 0.3) is 0 Å². The number of esters is 1. The van der Waals surface area contributed by atoms with Gasteiger partial charge in [-0.3, -0.25) is 9.59 Å². The normalized spacial score (nSPS) is 22.8. The highest BCUT2D eigenvalue weighted by atomic mass is 16.5. The fourth-order valence-corrected chi connectivity index (χ4v) is 2.51. The van der Waals surface area contributed by atoms with Crippen LogP contribution >= 0.6 is 0 Å². The van der Waals surface area contributed by atoms with Crippen molar-refractivity contribution < 1.29 is 14.3 Å². The van der Waals surface area contributed by atoms with Crippen LogP contribution in [0.3, 0.4) is 0 Å². The summed E-state index contributed by atoms with van der Waals surface area (Å²) in [5, 5.41) is 3.13. The van der Waals surface area contributed by atoms with E-state index in [2.05, 4.69) is 5.32 Å². The number of ketones is 1. The lowest BCUT2D eigenvalue weighted by Gasteiger charge is -2.28. The van der Waals surface area contributed by atoms with Crippen LogP contribution in [0.25, 0.3) is 0 Å². The number of methoxy groups -OCH3 is 1. The molecule has 1 aromatic rings. The van der Waals surface area contributed by atoms with Gasteiger partial charge in [-0.25, -0.2) is 0 Å². The molecule has 0 aromatic heterocycles. The number of ether oxygens (including phenoxy) is 1. The molecule has 0 bridgehead atoms. The standard InChI is InChI=1S/C15H19NO3/c1-19-15(18)13-9-11(7-8-16-13)10-14(17)12-5-3-2-4-6-12/h2-6,11,13,16H,7-10H2,1H3. The number of Topliss-reactive ketones (excluding diaryl/α,β-unsaturated/α-hetero) is 1. The molecule has 102 valence electrons. The van der Waals surface area contributed by atoms with Crippen LogP contribution in [0.5, 0.6) is 0 Å². The van der Waals surface area contributed by atoms with E-state index in [0.717, 1.165) is 18.5 Å². The molecule has 1 N–H and O–H groups in total. The summed E-state index contributed by atoms with van der Waals surface area (Å²) in [4.78, 5) is 23.6. The molecule has 0 spiro atoms. The van der Waals surface area contributed by atoms with E-state index in [1.807, 2.05) is 30.3 Å². The summed E-state index contributed by atoms with van der Waals surface area (Å²) in [6, 6.07) is 9.03. The van der Waals surface area contributed by atoms with Gasteiger partial charge in [-0.2, -0.15) is 0 Å². The zero-order valence-corrected chi connectivity index (χ0v) is 11.1. The number of carbonyl (C=O) groups excluding carboxylic acids is 2. The first-order valence-electron chi connectivity index (χ1n) is 6.60. The molecule has 1 heterocycles. The van der Waals surface area contributed by atoms with Gasteiger partial charge in [-0.05, 0) is 25.3 Å². The van der Waals surface area contributed by atoms with Crippen LogP contribution in [0.4, 0.5) is 0 Å². The van der Waals surface area contributed by atoms with Crippen molar-refractivity contribution >= 4 is 11.8 Å². The SMILES string of the molecule is COC(=O)C1CC(CC(=O)c2ccccc2)CCN1. The van der Waals surface area contributed by atoms with E-state index in [0.29, 0.717) is 12.8 Å². The average molecular weight is 261 g/mol. The number of hydrogen-bond donors (Lipinski definition) is 1. The van der Waals surface area contributed by atoms with Gasteiger partial charge < -0.3 is 10.1 Å². The summed E-state index contributed by atoms with van der Waals surface area (Å²) in [6.45, 7) is 0.756. The van der Waals surface area contributed by atoms with Crippen LogP contribution in [-0.2, 0) is 9.53 Å². The Morgan fingerprint density at radius 1 is 1.32 bits per heavy atom. The van der Waals surface area contributed by atoms with Crippen molar-refractivity contribution in [3.63, 3.8) is 0 Å². The van der Waals surface area contributed by atoms with Crippen LogP contribution in [-0.4, -0.2) is 31.4 Å². The van der Waals surface area contributed by atoms with E-state index in [1.54, 1.807) is 0 Å². The maximum absolute atomic E-state index is 12.1. The molecule has 19 heavy (non-hydrogen) atoms. The smallest absolute Gasteiger partial charge is 0.322 e. The van der Waals surface area contributed by atoms with Crippen LogP contribution in [0, 0.1) is 5.92 Å². The molecule has 1 fully saturated rings. The molecule has 4 heteroatoms. The highest BCUT2D eigenvalue weighted by molar-refractivity contribution is 5.96. The minimum atomic E-state index is -0.271. The fraction of sp³-hybridized carbons (Fsp3) is 0.467. The topological polar surface area (TPSA) is 55.4 Å². The van der Waals surface area contributed by atoms with Gasteiger partial charge in [-0.15, -0.1) is 0 Å². The lowest BCUT2D eigenvalue weighted by molar-refractivity contribution is -0.144. The molecule has 2 unspecified atom stereocenters. The number of piperidine rings is 1. The Morgan fingerprint density at radius 2 is 2.05 bits per heavy atom. The van der Waals surface area contributed by atoms with Crippen LogP contribution in [0.15, 0.2) is 30.3 Å². The first-order valence-corrected chi connectivity index (χ1v) is 6.60. The van der Waals surface area contributed by atoms with Crippen molar-refractivity contribution in [2.75, 3.05) is 13.7 Å². The molecule has 0 amide bonds. The molecule has 1 aliphatic rings. The van der Waals surface area contributed by atoms with Gasteiger partial charge >= 0.3 is 5.97 Å². The molecule has 1 aromatic carbocycles. The van der Waals surface area contributed by atoms with Crippen molar-refractivity contribution in [2.45, 2.75) is 25.3 Å². The fourth-order valence-electron chi connectivity index (χ4n) is 2.51. The molecule has 4 nitrogen and oxygen atoms in total. The van der Waals surface area contributed by atoms with Gasteiger partial charge in [0, 0.05) is 12.0 Å². The minimum absolute atomic E-state index is 0.149. The lowest BCUT2D eigenvalue weighted by Crippen LogP contribution is -2.44. The van der Waals surface area contributed by atoms with Gasteiger partial charge in [0.15, 0.2) is 5.78 Å². The third-order valence-electron chi connectivity index (χ3n) is 3.57. The Balaban J connectivity index is 1.92. The van der Waals surface area contributed by atoms with Crippen molar-refractivity contribution in [1.29, 1.82) is 0 Å². The molecular formula is C15H19NO3. The van der Waals surface area contributed by atoms with E-state index >= 15 is 0 Å². The van der Waals surface area contributed by atoms with Gasteiger partial charge in [0.2, 0.25) is 0 Å². The van der Waals surface area contributed by atoms with E-state index in [-0.39, 0.29) is 23.7 Å². The summed E-state index contributed by atoms with van der Waals surface area (Å²) in [5.41, 5.74) is 0.746. The molecule has 2 rings (SSSR count). The quantitative estimate of drug-likeness (QED) is 0.663. The average Bonchev–Trinajstić information content (AvgIpc) is 2.47. The van der Waals surface area contributed by atoms with Crippen LogP contribution < -0.4 is 5.32 Å². The number of benzene rings is 1.